The van der Waals surface area contributed by atoms with Gasteiger partial charge in [-0.25, -0.2) is 4.79 Å². The van der Waals surface area contributed by atoms with E-state index in [4.69, 9.17) is 34.9 Å². The lowest BCUT2D eigenvalue weighted by molar-refractivity contribution is -0.137. The molecule has 1 atom stereocenters. The zero-order valence-electron chi connectivity index (χ0n) is 25.9. The molecule has 0 saturated heterocycles. The third kappa shape index (κ3) is 11.9. The van der Waals surface area contributed by atoms with Crippen LogP contribution in [-0.4, -0.2) is 45.4 Å². The van der Waals surface area contributed by atoms with Gasteiger partial charge < -0.3 is 28.6 Å². The highest BCUT2D eigenvalue weighted by Crippen LogP contribution is 2.49. The molecule has 0 unspecified atom stereocenters. The number of benzene rings is 2. The van der Waals surface area contributed by atoms with Crippen LogP contribution in [0.3, 0.4) is 0 Å². The molecule has 2 rings (SSSR count). The number of alkyl halides is 3. The van der Waals surface area contributed by atoms with Gasteiger partial charge in [0.15, 0.2) is 6.79 Å². The molecule has 0 spiro atoms. The first kappa shape index (κ1) is 38.0. The number of amides is 1. The first-order valence-corrected chi connectivity index (χ1v) is 16.5. The lowest BCUT2D eigenvalue weighted by Crippen LogP contribution is -2.49. The second kappa shape index (κ2) is 16.4. The van der Waals surface area contributed by atoms with Crippen molar-refractivity contribution in [3.8, 4) is 5.75 Å². The van der Waals surface area contributed by atoms with Crippen LogP contribution in [-0.2, 0) is 35.7 Å². The minimum atomic E-state index is -4.52. The summed E-state index contributed by atoms with van der Waals surface area (Å²) >= 11 is 7.73. The molecule has 2 aromatic carbocycles. The molecule has 1 amide bonds. The fourth-order valence-corrected chi connectivity index (χ4v) is 6.31. The maximum Gasteiger partial charge on any atom is 0.416 e. The fourth-order valence-electron chi connectivity index (χ4n) is 4.13. The topological polar surface area (TPSA) is 92.3 Å². The van der Waals surface area contributed by atoms with E-state index in [0.29, 0.717) is 35.6 Å². The van der Waals surface area contributed by atoms with E-state index in [1.54, 1.807) is 45.0 Å². The monoisotopic (exact) mass is 681 g/mol. The lowest BCUT2D eigenvalue weighted by atomic mass is 9.87. The Labute approximate surface area is 266 Å². The van der Waals surface area contributed by atoms with Gasteiger partial charge in [-0.1, -0.05) is 48.8 Å². The number of halogens is 4. The van der Waals surface area contributed by atoms with E-state index in [9.17, 15) is 22.5 Å². The zero-order chi connectivity index (χ0) is 33.2. The Kier molecular flexibility index (Phi) is 14.1. The van der Waals surface area contributed by atoms with Crippen LogP contribution >= 0.6 is 31.0 Å². The molecular weight excluding hydrogens is 642 g/mol. The zero-order valence-corrected chi connectivity index (χ0v) is 28.3. The summed E-state index contributed by atoms with van der Waals surface area (Å²) in [5.41, 5.74) is -1.81. The molecule has 1 N–H and O–H groups in total. The second-order valence-corrected chi connectivity index (χ2v) is 14.4. The molecule has 0 bridgehead atoms. The Morgan fingerprint density at radius 2 is 1.73 bits per heavy atom. The van der Waals surface area contributed by atoms with Gasteiger partial charge in [-0.15, -0.1) is 0 Å². The molecule has 8 nitrogen and oxygen atoms in total. The van der Waals surface area contributed by atoms with Gasteiger partial charge in [0.2, 0.25) is 0 Å². The Hall–Kier alpha value is -2.21. The van der Waals surface area contributed by atoms with E-state index < -0.39 is 36.6 Å². The highest BCUT2D eigenvalue weighted by atomic mass is 35.5. The minimum Gasteiger partial charge on any atom is -0.466 e. The van der Waals surface area contributed by atoms with Crippen LogP contribution in [0, 0.1) is 0 Å². The average molecular weight is 682 g/mol. The van der Waals surface area contributed by atoms with Crippen LogP contribution in [0.15, 0.2) is 58.1 Å². The van der Waals surface area contributed by atoms with Crippen LogP contribution < -0.4 is 10.1 Å². The van der Waals surface area contributed by atoms with E-state index in [1.165, 1.54) is 33.2 Å². The summed E-state index contributed by atoms with van der Waals surface area (Å²) in [5, 5.41) is 3.32. The summed E-state index contributed by atoms with van der Waals surface area (Å²) in [5.74, 6) is 1.55. The fraction of sp³-hybridized carbons (Fsp3) is 0.500. The van der Waals surface area contributed by atoms with E-state index in [0.717, 1.165) is 29.5 Å². The van der Waals surface area contributed by atoms with E-state index in [1.807, 2.05) is 6.92 Å². The number of hydrogen-bond acceptors (Lipinski definition) is 8. The van der Waals surface area contributed by atoms with E-state index in [2.05, 4.69) is 5.32 Å². The van der Waals surface area contributed by atoms with Gasteiger partial charge in [0.25, 0.3) is 0 Å². The molecule has 246 valence electrons. The minimum absolute atomic E-state index is 0.131. The molecule has 0 saturated carbocycles. The van der Waals surface area contributed by atoms with Crippen molar-refractivity contribution in [3.05, 3.63) is 64.4 Å². The van der Waals surface area contributed by atoms with Gasteiger partial charge in [0, 0.05) is 37.1 Å². The van der Waals surface area contributed by atoms with Crippen LogP contribution in [0.4, 0.5) is 18.0 Å². The maximum absolute atomic E-state index is 13.4. The number of methoxy groups -OCH3 is 1. The van der Waals surface area contributed by atoms with Crippen molar-refractivity contribution in [1.82, 2.24) is 5.32 Å². The third-order valence-electron chi connectivity index (χ3n) is 6.23. The van der Waals surface area contributed by atoms with Crippen LogP contribution in [0.5, 0.6) is 5.75 Å². The largest absolute Gasteiger partial charge is 0.466 e. The molecule has 0 radical (unpaired) electrons. The molecule has 44 heavy (non-hydrogen) atoms. The van der Waals surface area contributed by atoms with Crippen molar-refractivity contribution >= 4 is 37.1 Å². The highest BCUT2D eigenvalue weighted by Gasteiger charge is 2.33. The van der Waals surface area contributed by atoms with Crippen molar-refractivity contribution < 1.29 is 45.8 Å². The Morgan fingerprint density at radius 1 is 1.05 bits per heavy atom. The molecule has 0 fully saturated rings. The first-order valence-electron chi connectivity index (χ1n) is 13.7. The predicted molar refractivity (Wildman–Crippen MR) is 166 cm³/mol. The van der Waals surface area contributed by atoms with Crippen molar-refractivity contribution in [1.29, 1.82) is 0 Å². The Morgan fingerprint density at radius 3 is 2.27 bits per heavy atom. The third-order valence-corrected chi connectivity index (χ3v) is 9.14. The van der Waals surface area contributed by atoms with Gasteiger partial charge in [-0.05, 0) is 75.9 Å². The number of nitrogens with one attached hydrogen (secondary N) is 1. The van der Waals surface area contributed by atoms with Gasteiger partial charge in [0.1, 0.15) is 11.4 Å². The number of ether oxygens (including phenoxy) is 3. The summed E-state index contributed by atoms with van der Waals surface area (Å²) in [6, 6.07) is 8.40. The SMILES string of the molecule is CCC[C@@](/C=C/P(=O)(OC)OC)(CCc1ccc(Sc2cc(C(F)(F)F)ccc2OCOC)cc1Cl)NC(=O)OC(C)(C)C. The van der Waals surface area contributed by atoms with Gasteiger partial charge in [-0.3, -0.25) is 4.57 Å². The number of aryl methyl sites for hydroxylation is 1. The Bertz CT molecular complexity index is 1330. The molecular formula is C30H40ClF3NO7PS. The van der Waals surface area contributed by atoms with Crippen LogP contribution in [0.25, 0.3) is 0 Å². The van der Waals surface area contributed by atoms with Crippen LogP contribution in [0.2, 0.25) is 5.02 Å². The molecule has 2 aromatic rings. The number of carbonyl (C=O) groups is 1. The molecule has 0 aromatic heterocycles. The van der Waals surface area contributed by atoms with Crippen molar-refractivity contribution in [2.75, 3.05) is 28.1 Å². The molecule has 0 aliphatic rings. The number of hydrogen-bond donors (Lipinski definition) is 1. The molecule has 0 heterocycles. The predicted octanol–water partition coefficient (Wildman–Crippen LogP) is 9.49. The van der Waals surface area contributed by atoms with Crippen molar-refractivity contribution in [2.24, 2.45) is 0 Å². The highest BCUT2D eigenvalue weighted by molar-refractivity contribution is 7.99. The second-order valence-electron chi connectivity index (χ2n) is 10.8. The summed E-state index contributed by atoms with van der Waals surface area (Å²) in [7, 11) is 0.401. The summed E-state index contributed by atoms with van der Waals surface area (Å²) in [4.78, 5) is 13.7. The Balaban J connectivity index is 2.39. The lowest BCUT2D eigenvalue weighted by Gasteiger charge is -2.33. The summed E-state index contributed by atoms with van der Waals surface area (Å²) in [6.07, 6.45) is -1.69. The van der Waals surface area contributed by atoms with Gasteiger partial charge >= 0.3 is 19.9 Å². The molecule has 14 heteroatoms. The van der Waals surface area contributed by atoms with Gasteiger partial charge in [0.05, 0.1) is 16.0 Å². The van der Waals surface area contributed by atoms with Gasteiger partial charge in [-0.2, -0.15) is 13.2 Å². The van der Waals surface area contributed by atoms with E-state index >= 15 is 0 Å². The standard InChI is InChI=1S/C30H40ClF3NO7PS/c1-8-14-29(16-17-43(37,39-6)40-7,35-27(36)42-28(2,3)4)15-13-21-9-11-23(19-24(21)31)44-26-18-22(30(32,33)34)10-12-25(26)41-20-38-5/h9-12,16-19H,8,13-15,20H2,1-7H3,(H,35,36)/b17-16+/t29-/m0/s1. The number of carbonyl (C=O) groups excluding carboxylic acids is 1. The average Bonchev–Trinajstić information content (AvgIpc) is 2.93. The summed E-state index contributed by atoms with van der Waals surface area (Å²) < 4.78 is 79.0. The van der Waals surface area contributed by atoms with Crippen LogP contribution in [0.1, 0.15) is 58.1 Å². The number of alkyl carbamates (subject to hydrolysis) is 1. The quantitative estimate of drug-likeness (QED) is 0.147. The normalized spacial score (nSPS) is 14.0. The van der Waals surface area contributed by atoms with Crippen molar-refractivity contribution in [2.45, 2.75) is 80.5 Å². The van der Waals surface area contributed by atoms with Crippen molar-refractivity contribution in [3.63, 3.8) is 0 Å². The number of rotatable bonds is 15. The van der Waals surface area contributed by atoms with E-state index in [-0.39, 0.29) is 17.4 Å². The molecule has 0 aliphatic heterocycles. The maximum atomic E-state index is 13.4. The molecule has 0 aliphatic carbocycles. The smallest absolute Gasteiger partial charge is 0.416 e. The summed E-state index contributed by atoms with van der Waals surface area (Å²) in [6.45, 7) is 7.06. The first-order chi connectivity index (χ1) is 20.5.